The molecule has 0 saturated heterocycles. The first-order valence-electron chi connectivity index (χ1n) is 7.10. The van der Waals surface area contributed by atoms with E-state index in [9.17, 15) is 0 Å². The van der Waals surface area contributed by atoms with E-state index in [1.807, 2.05) is 12.4 Å². The zero-order valence-corrected chi connectivity index (χ0v) is 12.3. The zero-order chi connectivity index (χ0) is 14.2. The van der Waals surface area contributed by atoms with Crippen molar-refractivity contribution >= 4 is 5.95 Å². The number of nitrogens with zero attached hydrogens (tertiary/aromatic N) is 3. The second kappa shape index (κ2) is 8.14. The van der Waals surface area contributed by atoms with E-state index in [1.165, 1.54) is 12.8 Å². The van der Waals surface area contributed by atoms with Crippen molar-refractivity contribution in [3.8, 4) is 0 Å². The summed E-state index contributed by atoms with van der Waals surface area (Å²) in [7, 11) is 3.39. The van der Waals surface area contributed by atoms with Gasteiger partial charge in [-0.3, -0.25) is 0 Å². The number of anilines is 1. The number of rotatable bonds is 10. The van der Waals surface area contributed by atoms with Crippen LogP contribution in [-0.2, 0) is 16.0 Å². The van der Waals surface area contributed by atoms with Crippen molar-refractivity contribution in [2.45, 2.75) is 25.4 Å². The molecule has 0 atom stereocenters. The van der Waals surface area contributed by atoms with Crippen molar-refractivity contribution in [1.82, 2.24) is 15.3 Å². The number of hydrogen-bond acceptors (Lipinski definition) is 6. The van der Waals surface area contributed by atoms with Gasteiger partial charge in [-0.15, -0.1) is 0 Å². The van der Waals surface area contributed by atoms with Crippen LogP contribution in [0.1, 0.15) is 18.4 Å². The number of ether oxygens (including phenoxy) is 2. The van der Waals surface area contributed by atoms with E-state index in [1.54, 1.807) is 14.2 Å². The highest BCUT2D eigenvalue weighted by Gasteiger charge is 2.20. The van der Waals surface area contributed by atoms with Gasteiger partial charge in [0.05, 0.1) is 13.2 Å². The first-order chi connectivity index (χ1) is 9.83. The van der Waals surface area contributed by atoms with Crippen LogP contribution in [0.3, 0.4) is 0 Å². The molecule has 1 saturated carbocycles. The maximum absolute atomic E-state index is 5.12. The second-order valence-corrected chi connectivity index (χ2v) is 5.02. The molecule has 6 nitrogen and oxygen atoms in total. The predicted octanol–water partition coefficient (Wildman–Crippen LogP) is 0.828. The summed E-state index contributed by atoms with van der Waals surface area (Å²) in [6.07, 6.45) is 6.37. The van der Waals surface area contributed by atoms with E-state index >= 15 is 0 Å². The minimum atomic E-state index is 0.651. The highest BCUT2D eigenvalue weighted by Crippen LogP contribution is 2.19. The fourth-order valence-corrected chi connectivity index (χ4v) is 1.87. The molecular weight excluding hydrogens is 256 g/mol. The first kappa shape index (κ1) is 15.2. The SMILES string of the molecule is COCCN(CCOC)c1ncc(CNC2CC2)cn1. The van der Waals surface area contributed by atoms with Crippen molar-refractivity contribution in [3.63, 3.8) is 0 Å². The number of aromatic nitrogens is 2. The van der Waals surface area contributed by atoms with E-state index in [4.69, 9.17) is 9.47 Å². The van der Waals surface area contributed by atoms with Crippen molar-refractivity contribution in [3.05, 3.63) is 18.0 Å². The summed E-state index contributed by atoms with van der Waals surface area (Å²) in [6, 6.07) is 0.703. The molecule has 0 aromatic carbocycles. The van der Waals surface area contributed by atoms with E-state index in [-0.39, 0.29) is 0 Å². The van der Waals surface area contributed by atoms with Gasteiger partial charge in [-0.2, -0.15) is 0 Å². The summed E-state index contributed by atoms with van der Waals surface area (Å²) in [5.41, 5.74) is 1.12. The molecule has 1 aliphatic rings. The minimum Gasteiger partial charge on any atom is -0.383 e. The zero-order valence-electron chi connectivity index (χ0n) is 12.3. The van der Waals surface area contributed by atoms with Gasteiger partial charge in [-0.25, -0.2) is 9.97 Å². The molecular formula is C14H24N4O2. The molecule has 1 fully saturated rings. The third kappa shape index (κ3) is 5.03. The van der Waals surface area contributed by atoms with E-state index in [0.717, 1.165) is 31.1 Å². The molecule has 0 unspecified atom stereocenters. The van der Waals surface area contributed by atoms with Crippen LogP contribution >= 0.6 is 0 Å². The highest BCUT2D eigenvalue weighted by molar-refractivity contribution is 5.29. The normalized spacial score (nSPS) is 14.5. The summed E-state index contributed by atoms with van der Waals surface area (Å²) in [6.45, 7) is 3.68. The smallest absolute Gasteiger partial charge is 0.225 e. The fraction of sp³-hybridized carbons (Fsp3) is 0.714. The molecule has 0 bridgehead atoms. The molecule has 20 heavy (non-hydrogen) atoms. The van der Waals surface area contributed by atoms with Gasteiger partial charge < -0.3 is 19.7 Å². The molecule has 1 heterocycles. The summed E-state index contributed by atoms with van der Waals surface area (Å²) >= 11 is 0. The summed E-state index contributed by atoms with van der Waals surface area (Å²) in [4.78, 5) is 11.0. The van der Waals surface area contributed by atoms with E-state index in [0.29, 0.717) is 19.3 Å². The Morgan fingerprint density at radius 1 is 1.15 bits per heavy atom. The molecule has 0 spiro atoms. The molecule has 112 valence electrons. The van der Waals surface area contributed by atoms with Crippen molar-refractivity contribution in [2.24, 2.45) is 0 Å². The molecule has 2 rings (SSSR count). The van der Waals surface area contributed by atoms with Gasteiger partial charge in [-0.1, -0.05) is 0 Å². The Morgan fingerprint density at radius 2 is 1.75 bits per heavy atom. The lowest BCUT2D eigenvalue weighted by molar-refractivity contribution is 0.189. The molecule has 1 aromatic rings. The lowest BCUT2D eigenvalue weighted by Crippen LogP contribution is -2.32. The van der Waals surface area contributed by atoms with Crippen molar-refractivity contribution in [2.75, 3.05) is 45.4 Å². The molecule has 6 heteroatoms. The van der Waals surface area contributed by atoms with E-state index in [2.05, 4.69) is 20.2 Å². The number of methoxy groups -OCH3 is 2. The van der Waals surface area contributed by atoms with Crippen LogP contribution in [0.2, 0.25) is 0 Å². The second-order valence-electron chi connectivity index (χ2n) is 5.02. The fourth-order valence-electron chi connectivity index (χ4n) is 1.87. The maximum Gasteiger partial charge on any atom is 0.225 e. The lowest BCUT2D eigenvalue weighted by atomic mass is 10.3. The van der Waals surface area contributed by atoms with Crippen molar-refractivity contribution in [1.29, 1.82) is 0 Å². The van der Waals surface area contributed by atoms with Crippen molar-refractivity contribution < 1.29 is 9.47 Å². The van der Waals surface area contributed by atoms with Crippen LogP contribution in [0.5, 0.6) is 0 Å². The van der Waals surface area contributed by atoms with Gasteiger partial charge in [0, 0.05) is 57.9 Å². The quantitative estimate of drug-likeness (QED) is 0.685. The predicted molar refractivity (Wildman–Crippen MR) is 77.9 cm³/mol. The molecule has 0 amide bonds. The average molecular weight is 280 g/mol. The number of hydrogen-bond donors (Lipinski definition) is 1. The summed E-state index contributed by atoms with van der Waals surface area (Å²) < 4.78 is 10.2. The Bertz CT molecular complexity index is 373. The summed E-state index contributed by atoms with van der Waals surface area (Å²) in [5.74, 6) is 0.731. The summed E-state index contributed by atoms with van der Waals surface area (Å²) in [5, 5.41) is 3.46. The number of nitrogens with one attached hydrogen (secondary N) is 1. The third-order valence-corrected chi connectivity index (χ3v) is 3.28. The van der Waals surface area contributed by atoms with Gasteiger partial charge in [-0.05, 0) is 12.8 Å². The minimum absolute atomic E-state index is 0.651. The Morgan fingerprint density at radius 3 is 2.25 bits per heavy atom. The van der Waals surface area contributed by atoms with Gasteiger partial charge in [0.15, 0.2) is 0 Å². The molecule has 1 N–H and O–H groups in total. The Kier molecular flexibility index (Phi) is 6.17. The molecule has 0 aliphatic heterocycles. The maximum atomic E-state index is 5.12. The Balaban J connectivity index is 1.88. The van der Waals surface area contributed by atoms with Gasteiger partial charge in [0.25, 0.3) is 0 Å². The van der Waals surface area contributed by atoms with Gasteiger partial charge in [0.2, 0.25) is 5.95 Å². The average Bonchev–Trinajstić information content (AvgIpc) is 3.30. The van der Waals surface area contributed by atoms with Gasteiger partial charge in [0.1, 0.15) is 0 Å². The van der Waals surface area contributed by atoms with Gasteiger partial charge >= 0.3 is 0 Å². The third-order valence-electron chi connectivity index (χ3n) is 3.28. The molecule has 0 radical (unpaired) electrons. The van der Waals surface area contributed by atoms with Crippen LogP contribution in [0, 0.1) is 0 Å². The van der Waals surface area contributed by atoms with Crippen LogP contribution in [0.15, 0.2) is 12.4 Å². The van der Waals surface area contributed by atoms with Crippen LogP contribution in [0.4, 0.5) is 5.95 Å². The Labute approximate surface area is 120 Å². The molecule has 1 aromatic heterocycles. The monoisotopic (exact) mass is 280 g/mol. The molecule has 1 aliphatic carbocycles. The van der Waals surface area contributed by atoms with Crippen LogP contribution < -0.4 is 10.2 Å². The Hall–Kier alpha value is -1.24. The largest absolute Gasteiger partial charge is 0.383 e. The van der Waals surface area contributed by atoms with E-state index < -0.39 is 0 Å². The topological polar surface area (TPSA) is 59.5 Å². The van der Waals surface area contributed by atoms with Crippen LogP contribution in [-0.4, -0.2) is 56.5 Å². The lowest BCUT2D eigenvalue weighted by Gasteiger charge is -2.21. The standard InChI is InChI=1S/C14H24N4O2/c1-19-7-5-18(6-8-20-2)14-16-10-12(11-17-14)9-15-13-3-4-13/h10-11,13,15H,3-9H2,1-2H3. The first-order valence-corrected chi connectivity index (χ1v) is 7.10. The highest BCUT2D eigenvalue weighted by atomic mass is 16.5. The van der Waals surface area contributed by atoms with Crippen LogP contribution in [0.25, 0.3) is 0 Å².